The van der Waals surface area contributed by atoms with Crippen LogP contribution in [0.15, 0.2) is 21.4 Å². The van der Waals surface area contributed by atoms with E-state index >= 15 is 0 Å². The summed E-state index contributed by atoms with van der Waals surface area (Å²) in [5.74, 6) is 0.715. The highest BCUT2D eigenvalue weighted by molar-refractivity contribution is 9.10. The molecule has 0 aliphatic heterocycles. The van der Waals surface area contributed by atoms with Crippen LogP contribution in [-0.2, 0) is 6.54 Å². The van der Waals surface area contributed by atoms with Gasteiger partial charge in [0, 0.05) is 12.1 Å². The summed E-state index contributed by atoms with van der Waals surface area (Å²) < 4.78 is 7.55. The van der Waals surface area contributed by atoms with Crippen molar-refractivity contribution in [3.05, 3.63) is 34.1 Å². The first kappa shape index (κ1) is 11.5. The molecule has 1 fully saturated rings. The van der Waals surface area contributed by atoms with E-state index < -0.39 is 5.97 Å². The minimum absolute atomic E-state index is 0.229. The van der Waals surface area contributed by atoms with E-state index in [0.29, 0.717) is 28.8 Å². The van der Waals surface area contributed by atoms with Gasteiger partial charge in [0.2, 0.25) is 5.89 Å². The Kier molecular flexibility index (Phi) is 2.70. The molecule has 6 nitrogen and oxygen atoms in total. The summed E-state index contributed by atoms with van der Waals surface area (Å²) in [5.41, 5.74) is 0.229. The predicted molar refractivity (Wildman–Crippen MR) is 64.5 cm³/mol. The van der Waals surface area contributed by atoms with Gasteiger partial charge >= 0.3 is 5.97 Å². The van der Waals surface area contributed by atoms with Crippen molar-refractivity contribution >= 4 is 21.9 Å². The molecular weight excluding hydrogens is 302 g/mol. The average Bonchev–Trinajstić information content (AvgIpc) is 2.97. The molecule has 0 spiro atoms. The number of aromatic nitrogens is 3. The molecule has 0 saturated heterocycles. The fourth-order valence-electron chi connectivity index (χ4n) is 1.70. The number of carboxylic acid groups (broad SMARTS) is 1. The van der Waals surface area contributed by atoms with E-state index in [1.54, 1.807) is 16.8 Å². The molecular formula is C11H10BrN3O3. The van der Waals surface area contributed by atoms with E-state index in [1.165, 1.54) is 0 Å². The molecule has 94 valence electrons. The van der Waals surface area contributed by atoms with E-state index in [4.69, 9.17) is 9.63 Å². The Hall–Kier alpha value is -1.63. The molecule has 1 aliphatic carbocycles. The zero-order chi connectivity index (χ0) is 12.7. The van der Waals surface area contributed by atoms with Gasteiger partial charge in [-0.1, -0.05) is 5.16 Å². The van der Waals surface area contributed by atoms with Crippen molar-refractivity contribution in [2.24, 2.45) is 0 Å². The fraction of sp³-hybridized carbons (Fsp3) is 0.364. The number of rotatable bonds is 4. The zero-order valence-electron chi connectivity index (χ0n) is 9.34. The highest BCUT2D eigenvalue weighted by atomic mass is 79.9. The van der Waals surface area contributed by atoms with Crippen LogP contribution in [0.1, 0.15) is 40.8 Å². The normalized spacial score (nSPS) is 14.9. The third-order valence-corrected chi connectivity index (χ3v) is 3.50. The van der Waals surface area contributed by atoms with Gasteiger partial charge in [0.15, 0.2) is 5.82 Å². The number of carboxylic acids is 1. The summed E-state index contributed by atoms with van der Waals surface area (Å²) in [4.78, 5) is 15.1. The first-order valence-electron chi connectivity index (χ1n) is 5.55. The summed E-state index contributed by atoms with van der Waals surface area (Å²) in [6, 6.07) is 1.55. The Bertz CT molecular complexity index is 600. The van der Waals surface area contributed by atoms with Gasteiger partial charge in [-0.3, -0.25) is 0 Å². The van der Waals surface area contributed by atoms with Crippen molar-refractivity contribution in [1.82, 2.24) is 14.7 Å². The Morgan fingerprint density at radius 3 is 3.00 bits per heavy atom. The molecule has 1 saturated carbocycles. The minimum atomic E-state index is -0.957. The van der Waals surface area contributed by atoms with E-state index in [9.17, 15) is 4.79 Å². The van der Waals surface area contributed by atoms with Crippen LogP contribution in [-0.4, -0.2) is 25.8 Å². The van der Waals surface area contributed by atoms with Crippen LogP contribution in [0, 0.1) is 0 Å². The van der Waals surface area contributed by atoms with Crippen molar-refractivity contribution in [3.8, 4) is 0 Å². The van der Waals surface area contributed by atoms with Crippen molar-refractivity contribution in [2.45, 2.75) is 25.3 Å². The lowest BCUT2D eigenvalue weighted by Crippen LogP contribution is -2.01. The molecule has 1 aliphatic rings. The van der Waals surface area contributed by atoms with Crippen LogP contribution in [0.2, 0.25) is 0 Å². The van der Waals surface area contributed by atoms with Gasteiger partial charge in [-0.25, -0.2) is 4.79 Å². The molecule has 0 radical (unpaired) electrons. The number of carbonyl (C=O) groups is 1. The lowest BCUT2D eigenvalue weighted by Gasteiger charge is -1.99. The van der Waals surface area contributed by atoms with Crippen LogP contribution in [0.3, 0.4) is 0 Å². The van der Waals surface area contributed by atoms with Gasteiger partial charge in [0.1, 0.15) is 0 Å². The van der Waals surface area contributed by atoms with E-state index in [2.05, 4.69) is 26.1 Å². The Morgan fingerprint density at radius 2 is 2.39 bits per heavy atom. The second kappa shape index (κ2) is 4.24. The first-order chi connectivity index (χ1) is 8.63. The highest BCUT2D eigenvalue weighted by Crippen LogP contribution is 2.38. The summed E-state index contributed by atoms with van der Waals surface area (Å²) >= 11 is 3.30. The first-order valence-corrected chi connectivity index (χ1v) is 6.34. The van der Waals surface area contributed by atoms with Gasteiger partial charge in [-0.15, -0.1) is 0 Å². The van der Waals surface area contributed by atoms with Crippen molar-refractivity contribution in [3.63, 3.8) is 0 Å². The second-order valence-electron chi connectivity index (χ2n) is 4.31. The van der Waals surface area contributed by atoms with Gasteiger partial charge in [0.05, 0.1) is 16.7 Å². The van der Waals surface area contributed by atoms with Crippen LogP contribution in [0.4, 0.5) is 0 Å². The Morgan fingerprint density at radius 1 is 1.61 bits per heavy atom. The minimum Gasteiger partial charge on any atom is -0.478 e. The summed E-state index contributed by atoms with van der Waals surface area (Å²) in [7, 11) is 0. The maximum atomic E-state index is 10.8. The van der Waals surface area contributed by atoms with Crippen molar-refractivity contribution < 1.29 is 14.4 Å². The molecule has 0 bridgehead atoms. The summed E-state index contributed by atoms with van der Waals surface area (Å²) in [6.45, 7) is 0.393. The van der Waals surface area contributed by atoms with Crippen molar-refractivity contribution in [1.29, 1.82) is 0 Å². The predicted octanol–water partition coefficient (Wildman–Crippen LogP) is 2.26. The molecule has 18 heavy (non-hydrogen) atoms. The number of halogens is 1. The molecule has 0 aromatic carbocycles. The molecule has 0 amide bonds. The molecule has 7 heteroatoms. The molecule has 2 aromatic rings. The van der Waals surface area contributed by atoms with Crippen LogP contribution in [0.5, 0.6) is 0 Å². The monoisotopic (exact) mass is 311 g/mol. The van der Waals surface area contributed by atoms with Crippen LogP contribution in [0.25, 0.3) is 0 Å². The SMILES string of the molecule is O=C(O)c1cc(Br)n(Cc2noc(C3CC3)n2)c1. The van der Waals surface area contributed by atoms with Gasteiger partial charge < -0.3 is 14.2 Å². The third-order valence-electron chi connectivity index (χ3n) is 2.81. The molecule has 1 N–H and O–H groups in total. The van der Waals surface area contributed by atoms with E-state index in [1.807, 2.05) is 0 Å². The number of aromatic carboxylic acids is 1. The Balaban J connectivity index is 1.80. The maximum Gasteiger partial charge on any atom is 0.337 e. The highest BCUT2D eigenvalue weighted by Gasteiger charge is 2.29. The van der Waals surface area contributed by atoms with Crippen LogP contribution >= 0.6 is 15.9 Å². The molecule has 3 rings (SSSR count). The average molecular weight is 312 g/mol. The quantitative estimate of drug-likeness (QED) is 0.936. The molecule has 0 atom stereocenters. The molecule has 0 unspecified atom stereocenters. The maximum absolute atomic E-state index is 10.8. The smallest absolute Gasteiger partial charge is 0.337 e. The van der Waals surface area contributed by atoms with E-state index in [0.717, 1.165) is 12.8 Å². The third kappa shape index (κ3) is 2.17. The van der Waals surface area contributed by atoms with Gasteiger partial charge in [-0.2, -0.15) is 4.98 Å². The number of hydrogen-bond acceptors (Lipinski definition) is 4. The number of nitrogens with zero attached hydrogens (tertiary/aromatic N) is 3. The standard InChI is InChI=1S/C11H10BrN3O3/c12-8-3-7(11(16)17)4-15(8)5-9-13-10(18-14-9)6-1-2-6/h3-4,6H,1-2,5H2,(H,16,17). The zero-order valence-corrected chi connectivity index (χ0v) is 10.9. The van der Waals surface area contributed by atoms with Gasteiger partial charge in [-0.05, 0) is 34.8 Å². The number of hydrogen-bond donors (Lipinski definition) is 1. The topological polar surface area (TPSA) is 81.1 Å². The van der Waals surface area contributed by atoms with Gasteiger partial charge in [0.25, 0.3) is 0 Å². The van der Waals surface area contributed by atoms with E-state index in [-0.39, 0.29) is 5.56 Å². The lowest BCUT2D eigenvalue weighted by atomic mass is 10.4. The molecule has 2 heterocycles. The lowest BCUT2D eigenvalue weighted by molar-refractivity contribution is 0.0697. The summed E-state index contributed by atoms with van der Waals surface area (Å²) in [6.07, 6.45) is 3.76. The largest absolute Gasteiger partial charge is 0.478 e. The molecule has 2 aromatic heterocycles. The summed E-state index contributed by atoms with van der Waals surface area (Å²) in [5, 5.41) is 12.8. The fourth-order valence-corrected chi connectivity index (χ4v) is 2.17. The van der Waals surface area contributed by atoms with Crippen LogP contribution < -0.4 is 0 Å². The Labute approximate surface area is 111 Å². The van der Waals surface area contributed by atoms with Crippen molar-refractivity contribution in [2.75, 3.05) is 0 Å². The second-order valence-corrected chi connectivity index (χ2v) is 5.12.